The number of hydrazine groups is 1. The third-order valence-electron chi connectivity index (χ3n) is 1.44. The highest BCUT2D eigenvalue weighted by Crippen LogP contribution is 2.08. The molecule has 0 atom stereocenters. The second kappa shape index (κ2) is 7.34. The van der Waals surface area contributed by atoms with E-state index in [-0.39, 0.29) is 0 Å². The molecule has 0 heterocycles. The van der Waals surface area contributed by atoms with Crippen LogP contribution < -0.4 is 11.3 Å². The van der Waals surface area contributed by atoms with Gasteiger partial charge in [-0.1, -0.05) is 24.3 Å². The van der Waals surface area contributed by atoms with E-state index in [1.165, 1.54) is 5.56 Å². The van der Waals surface area contributed by atoms with Gasteiger partial charge in [-0.25, -0.2) is 0 Å². The Morgan fingerprint density at radius 2 is 1.93 bits per heavy atom. The Bertz CT molecular complexity index is 318. The van der Waals surface area contributed by atoms with Gasteiger partial charge in [0.15, 0.2) is 0 Å². The number of allylic oxidation sites excluding steroid dienone is 1. The molecule has 4 N–H and O–H groups in total. The molecule has 0 spiro atoms. The van der Waals surface area contributed by atoms with Crippen molar-refractivity contribution in [2.75, 3.05) is 5.43 Å². The van der Waals surface area contributed by atoms with Crippen LogP contribution in [0.3, 0.4) is 0 Å². The van der Waals surface area contributed by atoms with Crippen LogP contribution in [-0.2, 0) is 0 Å². The SMILES string of the molecule is CC=Cc1ccc(NN)cc1.O=[N+]([O-])O. The van der Waals surface area contributed by atoms with Gasteiger partial charge in [-0.2, -0.15) is 0 Å². The Balaban J connectivity index is 0.000000423. The summed E-state index contributed by atoms with van der Waals surface area (Å²) in [6.45, 7) is 2.00. The fourth-order valence-electron chi connectivity index (χ4n) is 0.883. The van der Waals surface area contributed by atoms with Crippen LogP contribution >= 0.6 is 0 Å². The summed E-state index contributed by atoms with van der Waals surface area (Å²) < 4.78 is 0. The van der Waals surface area contributed by atoms with Gasteiger partial charge in [-0.3, -0.25) is 5.84 Å². The number of anilines is 1. The summed E-state index contributed by atoms with van der Waals surface area (Å²) >= 11 is 0. The maximum Gasteiger partial charge on any atom is 0.291 e. The maximum absolute atomic E-state index is 8.36. The predicted octanol–water partition coefficient (Wildman–Crippen LogP) is 1.66. The average molecular weight is 211 g/mol. The molecule has 1 aromatic rings. The highest BCUT2D eigenvalue weighted by atomic mass is 16.9. The number of nitrogens with zero attached hydrogens (tertiary/aromatic N) is 1. The Labute approximate surface area is 87.1 Å². The molecule has 1 rings (SSSR count). The minimum absolute atomic E-state index is 0.929. The molecule has 0 fully saturated rings. The lowest BCUT2D eigenvalue weighted by Gasteiger charge is -1.98. The molecule has 0 aromatic heterocycles. The van der Waals surface area contributed by atoms with Crippen LogP contribution in [0.15, 0.2) is 30.3 Å². The zero-order valence-corrected chi connectivity index (χ0v) is 8.25. The highest BCUT2D eigenvalue weighted by Gasteiger charge is 1.86. The molecule has 0 bridgehead atoms. The van der Waals surface area contributed by atoms with Gasteiger partial charge >= 0.3 is 0 Å². The molecule has 0 aliphatic carbocycles. The normalized spacial score (nSPS) is 9.20. The molecule has 0 aliphatic heterocycles. The van der Waals surface area contributed by atoms with Crippen molar-refractivity contribution in [2.24, 2.45) is 5.84 Å². The second-order valence-corrected chi connectivity index (χ2v) is 2.50. The van der Waals surface area contributed by atoms with E-state index in [4.69, 9.17) is 21.2 Å². The van der Waals surface area contributed by atoms with Gasteiger partial charge in [0.05, 0.1) is 0 Å². The molecule has 6 heteroatoms. The zero-order valence-electron chi connectivity index (χ0n) is 8.25. The van der Waals surface area contributed by atoms with Crippen molar-refractivity contribution in [2.45, 2.75) is 6.92 Å². The summed E-state index contributed by atoms with van der Waals surface area (Å²) in [5, 5.41) is 13.6. The van der Waals surface area contributed by atoms with E-state index in [1.807, 2.05) is 43.3 Å². The number of nitrogens with two attached hydrogens (primary N) is 1. The van der Waals surface area contributed by atoms with Crippen LogP contribution in [-0.4, -0.2) is 10.3 Å². The van der Waals surface area contributed by atoms with Crippen LogP contribution in [0.1, 0.15) is 12.5 Å². The molecule has 0 unspecified atom stereocenters. The summed E-state index contributed by atoms with van der Waals surface area (Å²) in [6, 6.07) is 7.90. The zero-order chi connectivity index (χ0) is 11.7. The van der Waals surface area contributed by atoms with Crippen LogP contribution in [0.4, 0.5) is 5.69 Å². The van der Waals surface area contributed by atoms with E-state index in [0.29, 0.717) is 0 Å². The molecule has 0 aliphatic rings. The van der Waals surface area contributed by atoms with Crippen molar-refractivity contribution in [1.29, 1.82) is 0 Å². The quantitative estimate of drug-likeness (QED) is 0.392. The lowest BCUT2D eigenvalue weighted by molar-refractivity contribution is -0.742. The third-order valence-corrected chi connectivity index (χ3v) is 1.44. The highest BCUT2D eigenvalue weighted by molar-refractivity contribution is 5.54. The van der Waals surface area contributed by atoms with Gasteiger partial charge in [-0.05, 0) is 24.6 Å². The number of hydrogen-bond donors (Lipinski definition) is 3. The van der Waals surface area contributed by atoms with Crippen LogP contribution in [0.25, 0.3) is 6.08 Å². The Morgan fingerprint density at radius 1 is 1.47 bits per heavy atom. The van der Waals surface area contributed by atoms with E-state index in [9.17, 15) is 0 Å². The predicted molar refractivity (Wildman–Crippen MR) is 57.7 cm³/mol. The smallest absolute Gasteiger partial charge is 0.291 e. The van der Waals surface area contributed by atoms with E-state index < -0.39 is 5.09 Å². The lowest BCUT2D eigenvalue weighted by atomic mass is 10.2. The standard InChI is InChI=1S/C9H12N2.HNO3/c1-2-3-8-4-6-9(11-10)7-5-8;2-1(3)4/h2-7,11H,10H2,1H3;(H,2,3,4). The van der Waals surface area contributed by atoms with Crippen molar-refractivity contribution < 1.29 is 10.3 Å². The van der Waals surface area contributed by atoms with Gasteiger partial charge in [0.2, 0.25) is 0 Å². The Morgan fingerprint density at radius 3 is 2.27 bits per heavy atom. The van der Waals surface area contributed by atoms with Crippen LogP contribution in [0, 0.1) is 10.1 Å². The first-order chi connectivity index (χ1) is 7.10. The average Bonchev–Trinajstić information content (AvgIpc) is 2.19. The molecule has 82 valence electrons. The van der Waals surface area contributed by atoms with Gasteiger partial charge < -0.3 is 10.6 Å². The molecule has 15 heavy (non-hydrogen) atoms. The van der Waals surface area contributed by atoms with Crippen molar-refractivity contribution in [3.05, 3.63) is 46.0 Å². The molecule has 0 amide bonds. The first kappa shape index (κ1) is 12.9. The van der Waals surface area contributed by atoms with Crippen molar-refractivity contribution in [1.82, 2.24) is 0 Å². The summed E-state index contributed by atoms with van der Waals surface area (Å²) in [7, 11) is 0. The van der Waals surface area contributed by atoms with Crippen molar-refractivity contribution in [3.8, 4) is 0 Å². The van der Waals surface area contributed by atoms with E-state index >= 15 is 0 Å². The first-order valence-corrected chi connectivity index (χ1v) is 4.12. The molecule has 0 saturated heterocycles. The third kappa shape index (κ3) is 7.03. The van der Waals surface area contributed by atoms with Gasteiger partial charge in [0.1, 0.15) is 0 Å². The molecule has 6 nitrogen and oxygen atoms in total. The fraction of sp³-hybridized carbons (Fsp3) is 0.111. The van der Waals surface area contributed by atoms with Crippen molar-refractivity contribution in [3.63, 3.8) is 0 Å². The number of rotatable bonds is 2. The topological polar surface area (TPSA) is 101 Å². The number of hydrogen-bond acceptors (Lipinski definition) is 4. The number of nitrogens with one attached hydrogen (secondary N) is 1. The van der Waals surface area contributed by atoms with Gasteiger partial charge in [-0.15, -0.1) is 10.1 Å². The summed E-state index contributed by atoms with van der Waals surface area (Å²) in [5.74, 6) is 5.21. The van der Waals surface area contributed by atoms with Crippen molar-refractivity contribution >= 4 is 11.8 Å². The summed E-state index contributed by atoms with van der Waals surface area (Å²) in [4.78, 5) is 8.36. The number of benzene rings is 1. The molecule has 1 aromatic carbocycles. The molecule has 0 radical (unpaired) electrons. The Kier molecular flexibility index (Phi) is 6.32. The van der Waals surface area contributed by atoms with E-state index in [2.05, 4.69) is 5.43 Å². The fourth-order valence-corrected chi connectivity index (χ4v) is 0.883. The monoisotopic (exact) mass is 211 g/mol. The Hall–Kier alpha value is -2.08. The minimum Gasteiger partial charge on any atom is -0.328 e. The molecular weight excluding hydrogens is 198 g/mol. The van der Waals surface area contributed by atoms with Gasteiger partial charge in [0, 0.05) is 5.69 Å². The van der Waals surface area contributed by atoms with Gasteiger partial charge in [0.25, 0.3) is 5.09 Å². The lowest BCUT2D eigenvalue weighted by Crippen LogP contribution is -2.05. The first-order valence-electron chi connectivity index (χ1n) is 4.12. The van der Waals surface area contributed by atoms with Crippen LogP contribution in [0.5, 0.6) is 0 Å². The maximum atomic E-state index is 8.36. The molecule has 0 saturated carbocycles. The van der Waals surface area contributed by atoms with E-state index in [0.717, 1.165) is 5.69 Å². The summed E-state index contributed by atoms with van der Waals surface area (Å²) in [5.41, 5.74) is 4.69. The van der Waals surface area contributed by atoms with Crippen LogP contribution in [0.2, 0.25) is 0 Å². The summed E-state index contributed by atoms with van der Waals surface area (Å²) in [6.07, 6.45) is 4.05. The molecular formula is C9H13N3O3. The largest absolute Gasteiger partial charge is 0.328 e. The number of nitrogen functional groups attached to an aromatic ring is 1. The van der Waals surface area contributed by atoms with E-state index in [1.54, 1.807) is 0 Å². The second-order valence-electron chi connectivity index (χ2n) is 2.50. The minimum atomic E-state index is -1.50.